The number of hydrogen-bond donors (Lipinski definition) is 0. The summed E-state index contributed by atoms with van der Waals surface area (Å²) in [6.07, 6.45) is 10.0. The zero-order valence-corrected chi connectivity index (χ0v) is 15.3. The summed E-state index contributed by atoms with van der Waals surface area (Å²) >= 11 is 1.61. The molecule has 1 heterocycles. The van der Waals surface area contributed by atoms with Gasteiger partial charge in [0.25, 0.3) is 5.69 Å². The van der Waals surface area contributed by atoms with Gasteiger partial charge >= 0.3 is 0 Å². The SMILES string of the molecule is O=[N+]([O-])c1ccc(C=Nc2nc(C34CC5CC(CC(C5)C3)C4)cs2)cc1. The molecule has 1 aromatic carbocycles. The molecule has 4 bridgehead atoms. The Morgan fingerprint density at radius 3 is 2.31 bits per heavy atom. The minimum Gasteiger partial charge on any atom is -0.258 e. The van der Waals surface area contributed by atoms with Gasteiger partial charge in [-0.3, -0.25) is 10.1 Å². The Labute approximate surface area is 156 Å². The van der Waals surface area contributed by atoms with Gasteiger partial charge in [-0.25, -0.2) is 9.98 Å². The molecule has 0 aliphatic heterocycles. The van der Waals surface area contributed by atoms with Crippen LogP contribution in [-0.4, -0.2) is 16.1 Å². The van der Waals surface area contributed by atoms with Crippen molar-refractivity contribution in [3.63, 3.8) is 0 Å². The number of non-ortho nitro benzene ring substituents is 1. The summed E-state index contributed by atoms with van der Waals surface area (Å²) in [6.45, 7) is 0. The Bertz CT molecular complexity index is 836. The van der Waals surface area contributed by atoms with Crippen molar-refractivity contribution < 1.29 is 4.92 Å². The van der Waals surface area contributed by atoms with Gasteiger partial charge in [-0.05, 0) is 74.0 Å². The maximum atomic E-state index is 10.7. The molecule has 0 amide bonds. The fourth-order valence-electron chi connectivity index (χ4n) is 5.80. The van der Waals surface area contributed by atoms with E-state index >= 15 is 0 Å². The molecule has 0 atom stereocenters. The second-order valence-corrected chi connectivity index (χ2v) is 9.16. The standard InChI is InChI=1S/C20H21N3O2S/c24-23(25)17-3-1-13(2-4-17)11-21-19-22-18(12-26-19)20-8-14-5-15(9-20)7-16(6-14)10-20/h1-4,11-12,14-16H,5-10H2. The molecular formula is C20H21N3O2S. The van der Waals surface area contributed by atoms with E-state index in [1.807, 2.05) is 0 Å². The van der Waals surface area contributed by atoms with Crippen LogP contribution in [0.15, 0.2) is 34.6 Å². The first-order valence-electron chi connectivity index (χ1n) is 9.34. The lowest BCUT2D eigenvalue weighted by Crippen LogP contribution is -2.48. The van der Waals surface area contributed by atoms with Gasteiger partial charge in [-0.1, -0.05) is 0 Å². The number of nitrogens with zero attached hydrogens (tertiary/aromatic N) is 3. The van der Waals surface area contributed by atoms with E-state index in [0.29, 0.717) is 5.41 Å². The average molecular weight is 367 g/mol. The van der Waals surface area contributed by atoms with Crippen molar-refractivity contribution in [3.8, 4) is 0 Å². The minimum atomic E-state index is -0.389. The number of aromatic nitrogens is 1. The van der Waals surface area contributed by atoms with Crippen molar-refractivity contribution in [2.24, 2.45) is 22.7 Å². The lowest BCUT2D eigenvalue weighted by molar-refractivity contribution is -0.384. The largest absolute Gasteiger partial charge is 0.269 e. The zero-order valence-electron chi connectivity index (χ0n) is 14.5. The van der Waals surface area contributed by atoms with Crippen LogP contribution in [0.1, 0.15) is 49.8 Å². The maximum absolute atomic E-state index is 10.7. The van der Waals surface area contributed by atoms with E-state index in [-0.39, 0.29) is 10.6 Å². The van der Waals surface area contributed by atoms with Gasteiger partial charge in [0.1, 0.15) is 0 Å². The van der Waals surface area contributed by atoms with Crippen molar-refractivity contribution in [1.82, 2.24) is 4.98 Å². The van der Waals surface area contributed by atoms with E-state index in [1.54, 1.807) is 29.7 Å². The fourth-order valence-corrected chi connectivity index (χ4v) is 6.59. The average Bonchev–Trinajstić information content (AvgIpc) is 3.09. The lowest BCUT2D eigenvalue weighted by Gasteiger charge is -2.56. The maximum Gasteiger partial charge on any atom is 0.269 e. The molecule has 0 spiro atoms. The Balaban J connectivity index is 1.35. The van der Waals surface area contributed by atoms with Crippen LogP contribution in [0, 0.1) is 27.9 Å². The highest BCUT2D eigenvalue weighted by atomic mass is 32.1. The number of hydrogen-bond acceptors (Lipinski definition) is 5. The molecule has 0 saturated heterocycles. The third-order valence-electron chi connectivity index (χ3n) is 6.50. The predicted octanol–water partition coefficient (Wildman–Crippen LogP) is 5.27. The van der Waals surface area contributed by atoms with Crippen LogP contribution >= 0.6 is 11.3 Å². The Kier molecular flexibility index (Phi) is 3.71. The van der Waals surface area contributed by atoms with E-state index in [2.05, 4.69) is 10.4 Å². The van der Waals surface area contributed by atoms with Gasteiger partial charge in [0.05, 0.1) is 10.6 Å². The van der Waals surface area contributed by atoms with Crippen molar-refractivity contribution >= 4 is 28.4 Å². The second-order valence-electron chi connectivity index (χ2n) is 8.32. The predicted molar refractivity (Wildman–Crippen MR) is 102 cm³/mol. The third-order valence-corrected chi connectivity index (χ3v) is 7.25. The third kappa shape index (κ3) is 2.76. The van der Waals surface area contributed by atoms with Gasteiger partial charge < -0.3 is 0 Å². The first kappa shape index (κ1) is 16.1. The van der Waals surface area contributed by atoms with E-state index in [1.165, 1.54) is 56.4 Å². The summed E-state index contributed by atoms with van der Waals surface area (Å²) < 4.78 is 0. The molecule has 134 valence electrons. The second kappa shape index (κ2) is 5.98. The van der Waals surface area contributed by atoms with Crippen molar-refractivity contribution in [3.05, 3.63) is 51.0 Å². The van der Waals surface area contributed by atoms with Crippen LogP contribution in [0.3, 0.4) is 0 Å². The molecule has 4 fully saturated rings. The van der Waals surface area contributed by atoms with Crippen molar-refractivity contribution in [2.45, 2.75) is 43.9 Å². The van der Waals surface area contributed by atoms with Gasteiger partial charge in [-0.15, -0.1) is 11.3 Å². The van der Waals surface area contributed by atoms with Crippen LogP contribution < -0.4 is 0 Å². The summed E-state index contributed by atoms with van der Waals surface area (Å²) in [7, 11) is 0. The molecule has 0 N–H and O–H groups in total. The van der Waals surface area contributed by atoms with E-state index in [9.17, 15) is 10.1 Å². The molecule has 4 saturated carbocycles. The molecular weight excluding hydrogens is 346 g/mol. The van der Waals surface area contributed by atoms with E-state index < -0.39 is 0 Å². The molecule has 26 heavy (non-hydrogen) atoms. The first-order valence-corrected chi connectivity index (χ1v) is 10.2. The number of thiazole rings is 1. The number of aliphatic imine (C=N–C) groups is 1. The van der Waals surface area contributed by atoms with E-state index in [4.69, 9.17) is 4.98 Å². The smallest absolute Gasteiger partial charge is 0.258 e. The van der Waals surface area contributed by atoms with Gasteiger partial charge in [0, 0.05) is 29.1 Å². The van der Waals surface area contributed by atoms with Crippen LogP contribution in [0.4, 0.5) is 10.8 Å². The van der Waals surface area contributed by atoms with Gasteiger partial charge in [0.2, 0.25) is 5.13 Å². The molecule has 1 aromatic heterocycles. The molecule has 6 heteroatoms. The normalized spacial score (nSPS) is 32.4. The van der Waals surface area contributed by atoms with Gasteiger partial charge in [-0.2, -0.15) is 0 Å². The Morgan fingerprint density at radius 2 is 1.73 bits per heavy atom. The number of rotatable bonds is 4. The number of nitro groups is 1. The van der Waals surface area contributed by atoms with Gasteiger partial charge in [0.15, 0.2) is 0 Å². The summed E-state index contributed by atoms with van der Waals surface area (Å²) in [5.41, 5.74) is 2.52. The van der Waals surface area contributed by atoms with Crippen LogP contribution in [0.5, 0.6) is 0 Å². The van der Waals surface area contributed by atoms with Crippen molar-refractivity contribution in [2.75, 3.05) is 0 Å². The number of benzene rings is 1. The van der Waals surface area contributed by atoms with Crippen LogP contribution in [0.25, 0.3) is 0 Å². The summed E-state index contributed by atoms with van der Waals surface area (Å²) in [6, 6.07) is 6.44. The molecule has 6 rings (SSSR count). The highest BCUT2D eigenvalue weighted by molar-refractivity contribution is 7.13. The van der Waals surface area contributed by atoms with Crippen molar-refractivity contribution in [1.29, 1.82) is 0 Å². The first-order chi connectivity index (χ1) is 12.6. The monoisotopic (exact) mass is 367 g/mol. The quantitative estimate of drug-likeness (QED) is 0.420. The van der Waals surface area contributed by atoms with Crippen LogP contribution in [0.2, 0.25) is 0 Å². The Morgan fingerprint density at radius 1 is 1.12 bits per heavy atom. The fraction of sp³-hybridized carbons (Fsp3) is 0.500. The highest BCUT2D eigenvalue weighted by Gasteiger charge is 2.52. The zero-order chi connectivity index (χ0) is 17.7. The minimum absolute atomic E-state index is 0.0977. The summed E-state index contributed by atoms with van der Waals surface area (Å²) in [5, 5.41) is 13.7. The Hall–Kier alpha value is -2.08. The van der Waals surface area contributed by atoms with Crippen LogP contribution in [-0.2, 0) is 5.41 Å². The molecule has 0 unspecified atom stereocenters. The molecule has 4 aliphatic rings. The highest BCUT2D eigenvalue weighted by Crippen LogP contribution is 2.60. The molecule has 0 radical (unpaired) electrons. The molecule has 2 aromatic rings. The summed E-state index contributed by atoms with van der Waals surface area (Å²) in [4.78, 5) is 19.7. The topological polar surface area (TPSA) is 68.4 Å². The molecule has 4 aliphatic carbocycles. The lowest BCUT2D eigenvalue weighted by atomic mass is 9.49. The molecule has 5 nitrogen and oxygen atoms in total. The number of nitro benzene ring substituents is 1. The summed E-state index contributed by atoms with van der Waals surface area (Å²) in [5.74, 6) is 2.74. The van der Waals surface area contributed by atoms with E-state index in [0.717, 1.165) is 28.4 Å².